The summed E-state index contributed by atoms with van der Waals surface area (Å²) in [6.45, 7) is 2.39. The molecule has 2 N–H and O–H groups in total. The molecule has 0 aliphatic heterocycles. The van der Waals surface area contributed by atoms with Crippen LogP contribution in [0, 0.1) is 0 Å². The van der Waals surface area contributed by atoms with E-state index in [0.717, 1.165) is 32.7 Å². The molecule has 0 aromatic rings. The van der Waals surface area contributed by atoms with Crippen LogP contribution in [0.1, 0.15) is 44.9 Å². The van der Waals surface area contributed by atoms with Gasteiger partial charge in [0.05, 0.1) is 0 Å². The molecule has 0 aromatic carbocycles. The van der Waals surface area contributed by atoms with Crippen molar-refractivity contribution in [2.45, 2.75) is 50.5 Å². The molecule has 0 spiro atoms. The van der Waals surface area contributed by atoms with Crippen LogP contribution in [0.3, 0.4) is 0 Å². The summed E-state index contributed by atoms with van der Waals surface area (Å²) < 4.78 is 10.5. The Morgan fingerprint density at radius 3 is 2.47 bits per heavy atom. The van der Waals surface area contributed by atoms with Gasteiger partial charge >= 0.3 is 0 Å². The summed E-state index contributed by atoms with van der Waals surface area (Å²) in [5.74, 6) is 0. The van der Waals surface area contributed by atoms with Gasteiger partial charge in [-0.25, -0.2) is 0 Å². The van der Waals surface area contributed by atoms with Crippen LogP contribution in [0.2, 0.25) is 0 Å². The fourth-order valence-electron chi connectivity index (χ4n) is 2.19. The van der Waals surface area contributed by atoms with Gasteiger partial charge < -0.3 is 15.2 Å². The Hall–Kier alpha value is -0.120. The van der Waals surface area contributed by atoms with Gasteiger partial charge in [-0.15, -0.1) is 0 Å². The van der Waals surface area contributed by atoms with E-state index in [1.54, 1.807) is 7.11 Å². The molecule has 90 valence electrons. The van der Waals surface area contributed by atoms with E-state index in [1.807, 2.05) is 0 Å². The Morgan fingerprint density at radius 1 is 1.07 bits per heavy atom. The number of hydrogen-bond donors (Lipinski definition) is 1. The van der Waals surface area contributed by atoms with Crippen LogP contribution in [0.4, 0.5) is 0 Å². The lowest BCUT2D eigenvalue weighted by atomic mass is 9.80. The molecule has 1 aliphatic rings. The summed E-state index contributed by atoms with van der Waals surface area (Å²) >= 11 is 0. The van der Waals surface area contributed by atoms with Crippen molar-refractivity contribution in [2.75, 3.05) is 26.9 Å². The van der Waals surface area contributed by atoms with E-state index in [0.29, 0.717) is 0 Å². The zero-order valence-electron chi connectivity index (χ0n) is 9.96. The highest BCUT2D eigenvalue weighted by atomic mass is 16.5. The van der Waals surface area contributed by atoms with Crippen molar-refractivity contribution < 1.29 is 9.47 Å². The van der Waals surface area contributed by atoms with E-state index in [9.17, 15) is 0 Å². The molecular weight excluding hydrogens is 190 g/mol. The Labute approximate surface area is 93.3 Å². The molecule has 1 fully saturated rings. The monoisotopic (exact) mass is 215 g/mol. The van der Waals surface area contributed by atoms with Crippen molar-refractivity contribution in [3.05, 3.63) is 0 Å². The average molecular weight is 215 g/mol. The first-order valence-electron chi connectivity index (χ1n) is 6.12. The van der Waals surface area contributed by atoms with Gasteiger partial charge in [-0.05, 0) is 25.7 Å². The Morgan fingerprint density at radius 2 is 1.80 bits per heavy atom. The number of ether oxygens (including phenoxy) is 2. The van der Waals surface area contributed by atoms with E-state index in [-0.39, 0.29) is 5.54 Å². The molecule has 3 heteroatoms. The first kappa shape index (κ1) is 12.9. The first-order chi connectivity index (χ1) is 7.27. The van der Waals surface area contributed by atoms with Crippen molar-refractivity contribution in [3.8, 4) is 0 Å². The Kier molecular flexibility index (Phi) is 6.22. The quantitative estimate of drug-likeness (QED) is 0.661. The third-order valence-electron chi connectivity index (χ3n) is 3.23. The lowest BCUT2D eigenvalue weighted by molar-refractivity contribution is 0.0845. The van der Waals surface area contributed by atoms with E-state index in [1.165, 1.54) is 32.1 Å². The van der Waals surface area contributed by atoms with Gasteiger partial charge in [0.15, 0.2) is 0 Å². The molecular formula is C12H25NO2. The summed E-state index contributed by atoms with van der Waals surface area (Å²) in [6.07, 6.45) is 8.28. The largest absolute Gasteiger partial charge is 0.385 e. The van der Waals surface area contributed by atoms with Gasteiger partial charge in [0, 0.05) is 32.5 Å². The van der Waals surface area contributed by atoms with Crippen molar-refractivity contribution >= 4 is 0 Å². The normalized spacial score (nSPS) is 20.4. The molecule has 0 atom stereocenters. The van der Waals surface area contributed by atoms with Crippen LogP contribution in [-0.2, 0) is 9.47 Å². The van der Waals surface area contributed by atoms with Crippen molar-refractivity contribution in [3.63, 3.8) is 0 Å². The third kappa shape index (κ3) is 5.50. The molecule has 1 saturated carbocycles. The molecule has 0 heterocycles. The van der Waals surface area contributed by atoms with Crippen molar-refractivity contribution in [2.24, 2.45) is 5.73 Å². The highest BCUT2D eigenvalue weighted by Gasteiger charge is 2.26. The highest BCUT2D eigenvalue weighted by molar-refractivity contribution is 4.86. The second kappa shape index (κ2) is 7.20. The lowest BCUT2D eigenvalue weighted by Crippen LogP contribution is -2.42. The van der Waals surface area contributed by atoms with E-state index in [2.05, 4.69) is 0 Å². The van der Waals surface area contributed by atoms with E-state index >= 15 is 0 Å². The lowest BCUT2D eigenvalue weighted by Gasteiger charge is -2.33. The zero-order valence-corrected chi connectivity index (χ0v) is 9.96. The molecule has 0 unspecified atom stereocenters. The summed E-state index contributed by atoms with van der Waals surface area (Å²) in [6, 6.07) is 0. The smallest absolute Gasteiger partial charge is 0.0487 e. The summed E-state index contributed by atoms with van der Waals surface area (Å²) in [7, 11) is 1.72. The van der Waals surface area contributed by atoms with Crippen molar-refractivity contribution in [1.82, 2.24) is 0 Å². The number of nitrogens with two attached hydrogens (primary N) is 1. The minimum atomic E-state index is 0.0690. The molecule has 0 amide bonds. The van der Waals surface area contributed by atoms with Crippen LogP contribution in [0.25, 0.3) is 0 Å². The number of rotatable bonds is 7. The Bertz CT molecular complexity index is 156. The first-order valence-corrected chi connectivity index (χ1v) is 6.12. The molecule has 0 aromatic heterocycles. The zero-order chi connectivity index (χ0) is 11.0. The highest BCUT2D eigenvalue weighted by Crippen LogP contribution is 2.28. The molecule has 0 radical (unpaired) electrons. The second-order valence-corrected chi connectivity index (χ2v) is 4.63. The van der Waals surface area contributed by atoms with Crippen molar-refractivity contribution in [1.29, 1.82) is 0 Å². The summed E-state index contributed by atoms with van der Waals surface area (Å²) in [5.41, 5.74) is 6.36. The summed E-state index contributed by atoms with van der Waals surface area (Å²) in [5, 5.41) is 0. The van der Waals surface area contributed by atoms with Crippen LogP contribution in [0.5, 0.6) is 0 Å². The maximum atomic E-state index is 6.30. The summed E-state index contributed by atoms with van der Waals surface area (Å²) in [4.78, 5) is 0. The van der Waals surface area contributed by atoms with Crippen LogP contribution in [-0.4, -0.2) is 32.5 Å². The number of hydrogen-bond acceptors (Lipinski definition) is 3. The predicted octanol–water partition coefficient (Wildman–Crippen LogP) is 2.09. The molecule has 3 nitrogen and oxygen atoms in total. The molecule has 1 aliphatic carbocycles. The van der Waals surface area contributed by atoms with Gasteiger partial charge in [-0.1, -0.05) is 19.3 Å². The standard InChI is InChI=1S/C12H25NO2/c1-14-9-5-10-15-11-8-12(13)6-3-2-4-7-12/h2-11,13H2,1H3. The average Bonchev–Trinajstić information content (AvgIpc) is 2.24. The third-order valence-corrected chi connectivity index (χ3v) is 3.23. The predicted molar refractivity (Wildman–Crippen MR) is 61.9 cm³/mol. The maximum absolute atomic E-state index is 6.30. The van der Waals surface area contributed by atoms with Crippen LogP contribution in [0.15, 0.2) is 0 Å². The number of methoxy groups -OCH3 is 1. The van der Waals surface area contributed by atoms with Gasteiger partial charge in [-0.2, -0.15) is 0 Å². The van der Waals surface area contributed by atoms with Gasteiger partial charge in [0.25, 0.3) is 0 Å². The maximum Gasteiger partial charge on any atom is 0.0487 e. The molecule has 0 saturated heterocycles. The minimum Gasteiger partial charge on any atom is -0.385 e. The van der Waals surface area contributed by atoms with Gasteiger partial charge in [0.2, 0.25) is 0 Å². The van der Waals surface area contributed by atoms with E-state index in [4.69, 9.17) is 15.2 Å². The second-order valence-electron chi connectivity index (χ2n) is 4.63. The van der Waals surface area contributed by atoms with Crippen LogP contribution >= 0.6 is 0 Å². The van der Waals surface area contributed by atoms with E-state index < -0.39 is 0 Å². The van der Waals surface area contributed by atoms with Crippen LogP contribution < -0.4 is 5.73 Å². The topological polar surface area (TPSA) is 44.5 Å². The molecule has 1 rings (SSSR count). The molecule has 0 bridgehead atoms. The fraction of sp³-hybridized carbons (Fsp3) is 1.00. The molecule has 15 heavy (non-hydrogen) atoms. The van der Waals surface area contributed by atoms with Gasteiger partial charge in [0.1, 0.15) is 0 Å². The Balaban J connectivity index is 1.98. The minimum absolute atomic E-state index is 0.0690. The fourth-order valence-corrected chi connectivity index (χ4v) is 2.19. The SMILES string of the molecule is COCCCOCCC1(N)CCCCC1. The van der Waals surface area contributed by atoms with Gasteiger partial charge in [-0.3, -0.25) is 0 Å².